The number of halogens is 1. The Hall–Kier alpha value is -0.703. The lowest BCUT2D eigenvalue weighted by Gasteiger charge is -2.43. The molecule has 178 valence electrons. The number of carbonyl (C=O) groups excluding carboxylic acids is 1. The van der Waals surface area contributed by atoms with E-state index in [0.29, 0.717) is 19.3 Å². The molecule has 31 heavy (non-hydrogen) atoms. The van der Waals surface area contributed by atoms with Crippen molar-refractivity contribution < 1.29 is 18.3 Å². The highest BCUT2D eigenvalue weighted by Crippen LogP contribution is 2.45. The van der Waals surface area contributed by atoms with Gasteiger partial charge < -0.3 is 9.16 Å². The molecule has 4 nitrogen and oxygen atoms in total. The van der Waals surface area contributed by atoms with Gasteiger partial charge in [0.05, 0.1) is 13.8 Å². The maximum atomic E-state index is 12.7. The van der Waals surface area contributed by atoms with Gasteiger partial charge in [-0.1, -0.05) is 20.8 Å². The van der Waals surface area contributed by atoms with Gasteiger partial charge in [-0.05, 0) is 60.7 Å². The average molecular weight is 490 g/mol. The number of hydrogen-bond donors (Lipinski definition) is 0. The number of carbonyl (C=O) groups is 1. The third kappa shape index (κ3) is 6.00. The average Bonchev–Trinajstić information content (AvgIpc) is 2.64. The van der Waals surface area contributed by atoms with E-state index in [1.54, 1.807) is 7.11 Å². The van der Waals surface area contributed by atoms with E-state index >= 15 is 0 Å². The summed E-state index contributed by atoms with van der Waals surface area (Å²) in [5, 5.41) is 0.0877. The number of ketones is 1. The van der Waals surface area contributed by atoms with Crippen LogP contribution in [-0.2, 0) is 11.2 Å². The summed E-state index contributed by atoms with van der Waals surface area (Å²) in [6.07, 6.45) is 2.59. The minimum atomic E-state index is -2.02. The topological polar surface area (TPSA) is 38.8 Å². The standard InChI is InChI=1S/C23H36FNO3Si.2H2S/c1-23(2,3)29(5,6)28-22-13-18-16(12-21(22)27-4)9-11-25-15-17(8-7-10-24)20(26)14-19(18)25;;/h12-13,17,19H,7-11,14-15H2,1-6H3;2*1H2/t17-,19-;;/m0../s1/i24+0;;. The van der Waals surface area contributed by atoms with Gasteiger partial charge in [-0.2, -0.15) is 27.0 Å². The normalized spacial score (nSPS) is 21.3. The van der Waals surface area contributed by atoms with Crippen molar-refractivity contribution in [3.63, 3.8) is 0 Å². The van der Waals surface area contributed by atoms with Crippen LogP contribution in [0.5, 0.6) is 11.5 Å². The summed E-state index contributed by atoms with van der Waals surface area (Å²) in [5.41, 5.74) is 2.45. The van der Waals surface area contributed by atoms with Gasteiger partial charge in [0.15, 0.2) is 5.75 Å². The molecule has 0 aliphatic carbocycles. The Morgan fingerprint density at radius 2 is 1.87 bits per heavy atom. The lowest BCUT2D eigenvalue weighted by Crippen LogP contribution is -2.46. The first kappa shape index (κ1) is 28.3. The summed E-state index contributed by atoms with van der Waals surface area (Å²) in [5.74, 6) is 1.83. The number of methoxy groups -OCH3 is 1. The van der Waals surface area contributed by atoms with E-state index in [0.717, 1.165) is 31.0 Å². The van der Waals surface area contributed by atoms with Crippen molar-refractivity contribution in [1.29, 1.82) is 0 Å². The third-order valence-corrected chi connectivity index (χ3v) is 11.4. The largest absolute Gasteiger partial charge is 0.541 e. The van der Waals surface area contributed by atoms with Crippen LogP contribution in [0, 0.1) is 5.92 Å². The predicted octanol–water partition coefficient (Wildman–Crippen LogP) is 5.54. The van der Waals surface area contributed by atoms with Crippen molar-refractivity contribution >= 4 is 41.1 Å². The number of nitrogens with zero attached hydrogens (tertiary/aromatic N) is 1. The second kappa shape index (κ2) is 10.9. The molecule has 2 atom stereocenters. The molecule has 0 amide bonds. The Morgan fingerprint density at radius 1 is 1.19 bits per heavy atom. The lowest BCUT2D eigenvalue weighted by molar-refractivity contribution is -0.129. The lowest BCUT2D eigenvalue weighted by atomic mass is 9.81. The molecule has 0 aromatic heterocycles. The molecule has 0 spiro atoms. The van der Waals surface area contributed by atoms with Gasteiger partial charge in [0, 0.05) is 31.5 Å². The predicted molar refractivity (Wildman–Crippen MR) is 138 cm³/mol. The summed E-state index contributed by atoms with van der Waals surface area (Å²) in [6, 6.07) is 4.33. The van der Waals surface area contributed by atoms with E-state index in [-0.39, 0.29) is 56.4 Å². The minimum Gasteiger partial charge on any atom is -0.541 e. The Bertz CT molecular complexity index is 770. The minimum absolute atomic E-state index is 0. The number of Topliss-reactive ketones (excluding diaryl/α,β-unsaturated/α-hetero) is 1. The van der Waals surface area contributed by atoms with Gasteiger partial charge in [0.25, 0.3) is 8.32 Å². The van der Waals surface area contributed by atoms with Crippen molar-refractivity contribution in [2.75, 3.05) is 26.9 Å². The Morgan fingerprint density at radius 3 is 2.45 bits per heavy atom. The Kier molecular flexibility index (Phi) is 10.0. The summed E-state index contributed by atoms with van der Waals surface area (Å²) in [7, 11) is -0.328. The molecule has 2 aliphatic heterocycles. The van der Waals surface area contributed by atoms with Gasteiger partial charge in [-0.25, -0.2) is 0 Å². The van der Waals surface area contributed by atoms with Crippen LogP contribution in [0.4, 0.5) is 4.39 Å². The maximum absolute atomic E-state index is 12.7. The van der Waals surface area contributed by atoms with Gasteiger partial charge in [-0.15, -0.1) is 0 Å². The van der Waals surface area contributed by atoms with Crippen LogP contribution in [0.1, 0.15) is 57.2 Å². The van der Waals surface area contributed by atoms with Gasteiger partial charge in [-0.3, -0.25) is 14.1 Å². The summed E-state index contributed by atoms with van der Waals surface area (Å²) in [4.78, 5) is 15.1. The van der Waals surface area contributed by atoms with Gasteiger partial charge in [0.2, 0.25) is 0 Å². The smallest absolute Gasteiger partial charge is 0.250 e. The monoisotopic (exact) mass is 489 g/mol. The van der Waals surface area contributed by atoms with E-state index < -0.39 is 8.32 Å². The second-order valence-corrected chi connectivity index (χ2v) is 14.7. The van der Waals surface area contributed by atoms with E-state index in [4.69, 9.17) is 9.16 Å². The number of alkyl halides is 1. The van der Waals surface area contributed by atoms with Crippen LogP contribution in [0.15, 0.2) is 12.1 Å². The van der Waals surface area contributed by atoms with Crippen LogP contribution >= 0.6 is 27.0 Å². The highest BCUT2D eigenvalue weighted by molar-refractivity contribution is 7.59. The van der Waals surface area contributed by atoms with Gasteiger partial charge >= 0.3 is 0 Å². The molecule has 1 fully saturated rings. The van der Waals surface area contributed by atoms with Crippen molar-refractivity contribution in [2.45, 2.75) is 70.6 Å². The van der Waals surface area contributed by atoms with Crippen molar-refractivity contribution in [3.05, 3.63) is 23.3 Å². The zero-order valence-corrected chi connectivity index (χ0v) is 22.8. The van der Waals surface area contributed by atoms with Crippen molar-refractivity contribution in [3.8, 4) is 11.5 Å². The van der Waals surface area contributed by atoms with E-state index in [1.165, 1.54) is 11.1 Å². The van der Waals surface area contributed by atoms with E-state index in [9.17, 15) is 9.18 Å². The number of rotatable bonds is 6. The van der Waals surface area contributed by atoms with Crippen LogP contribution in [0.2, 0.25) is 18.1 Å². The molecule has 0 saturated carbocycles. The summed E-state index contributed by atoms with van der Waals surface area (Å²) < 4.78 is 24.9. The fraction of sp³-hybridized carbons (Fsp3) is 0.696. The summed E-state index contributed by atoms with van der Waals surface area (Å²) >= 11 is 0. The van der Waals surface area contributed by atoms with Crippen LogP contribution < -0.4 is 9.16 Å². The fourth-order valence-electron chi connectivity index (χ4n) is 4.20. The molecule has 2 aliphatic rings. The first-order valence-corrected chi connectivity index (χ1v) is 13.7. The maximum Gasteiger partial charge on any atom is 0.250 e. The van der Waals surface area contributed by atoms with E-state index in [2.05, 4.69) is 50.9 Å². The molecule has 0 bridgehead atoms. The molecule has 1 saturated heterocycles. The zero-order valence-electron chi connectivity index (χ0n) is 19.8. The molecule has 0 radical (unpaired) electrons. The highest BCUT2D eigenvalue weighted by atomic mass is 32.1. The fourth-order valence-corrected chi connectivity index (χ4v) is 5.22. The first-order chi connectivity index (χ1) is 13.6. The molecular weight excluding hydrogens is 449 g/mol. The molecular formula is C23H40FNO3S2Si. The molecule has 0 N–H and O–H groups in total. The van der Waals surface area contributed by atoms with E-state index in [1.807, 2.05) is 0 Å². The first-order valence-electron chi connectivity index (χ1n) is 10.8. The number of ether oxygens (including phenoxy) is 1. The highest BCUT2D eigenvalue weighted by Gasteiger charge is 2.41. The number of hydrogen-bond acceptors (Lipinski definition) is 4. The van der Waals surface area contributed by atoms with Crippen LogP contribution in [0.25, 0.3) is 0 Å². The molecule has 2 heterocycles. The Labute approximate surface area is 202 Å². The molecule has 3 rings (SSSR count). The number of benzene rings is 1. The molecule has 0 unspecified atom stereocenters. The quantitative estimate of drug-likeness (QED) is 0.492. The van der Waals surface area contributed by atoms with Crippen molar-refractivity contribution in [2.24, 2.45) is 5.92 Å². The van der Waals surface area contributed by atoms with Gasteiger partial charge in [0.1, 0.15) is 11.5 Å². The number of piperidine rings is 1. The SMILES string of the molecule is COc1cc2c(cc1O[Si](C)(C)C(C)(C)C)[C@@H]1CC(=O)[C@@H](CCC[19F])CN1CC2.S.S. The zero-order chi connectivity index (χ0) is 21.4. The molecule has 8 heteroatoms. The summed E-state index contributed by atoms with van der Waals surface area (Å²) in [6.45, 7) is 12.5. The van der Waals surface area contributed by atoms with Crippen LogP contribution in [-0.4, -0.2) is 45.9 Å². The number of fused-ring (bicyclic) bond motifs is 3. The second-order valence-electron chi connectivity index (χ2n) is 10.0. The Balaban J connectivity index is 0.00000240. The molecule has 1 aromatic rings. The third-order valence-electron chi connectivity index (χ3n) is 7.06. The molecule has 1 aromatic carbocycles. The van der Waals surface area contributed by atoms with Crippen LogP contribution in [0.3, 0.4) is 0 Å². The van der Waals surface area contributed by atoms with Crippen molar-refractivity contribution in [1.82, 2.24) is 4.90 Å².